The number of ether oxygens (including phenoxy) is 1. The van der Waals surface area contributed by atoms with Gasteiger partial charge in [0.05, 0.1) is 0 Å². The Morgan fingerprint density at radius 3 is 2.59 bits per heavy atom. The molecule has 1 aromatic rings. The molecule has 0 amide bonds. The van der Waals surface area contributed by atoms with Crippen molar-refractivity contribution in [2.75, 3.05) is 11.9 Å². The lowest BCUT2D eigenvalue weighted by Gasteiger charge is -2.04. The second-order valence-electron chi connectivity index (χ2n) is 3.78. The molecule has 1 aromatic carbocycles. The average molecular weight is 297 g/mol. The van der Waals surface area contributed by atoms with E-state index in [4.69, 9.17) is 4.74 Å². The Morgan fingerprint density at radius 1 is 1.29 bits per heavy atom. The monoisotopic (exact) mass is 296 g/mol. The van der Waals surface area contributed by atoms with Crippen LogP contribution in [0.4, 0.5) is 0 Å². The van der Waals surface area contributed by atoms with Gasteiger partial charge in [0, 0.05) is 11.8 Å². The van der Waals surface area contributed by atoms with E-state index in [1.54, 1.807) is 6.92 Å². The predicted octanol–water partition coefficient (Wildman–Crippen LogP) is 3.54. The lowest BCUT2D eigenvalue weighted by atomic mass is 10.1. The fraction of sp³-hybridized carbons (Fsp3) is 0.357. The molecular formula is C14H17BrO2. The molecule has 0 bridgehead atoms. The van der Waals surface area contributed by atoms with Crippen LogP contribution in [0, 0.1) is 0 Å². The van der Waals surface area contributed by atoms with Crippen molar-refractivity contribution in [2.24, 2.45) is 0 Å². The maximum absolute atomic E-state index is 10.9. The van der Waals surface area contributed by atoms with E-state index in [0.717, 1.165) is 17.5 Å². The van der Waals surface area contributed by atoms with E-state index >= 15 is 0 Å². The van der Waals surface area contributed by atoms with Gasteiger partial charge in [-0.05, 0) is 31.0 Å². The van der Waals surface area contributed by atoms with E-state index in [1.807, 2.05) is 36.4 Å². The van der Waals surface area contributed by atoms with Gasteiger partial charge in [-0.25, -0.2) is 0 Å². The second kappa shape index (κ2) is 8.07. The summed E-state index contributed by atoms with van der Waals surface area (Å²) in [6, 6.07) is 7.90. The molecule has 2 nitrogen and oxygen atoms in total. The first-order chi connectivity index (χ1) is 8.22. The Hall–Kier alpha value is -1.09. The fourth-order valence-electron chi connectivity index (χ4n) is 1.35. The van der Waals surface area contributed by atoms with Crippen LogP contribution >= 0.6 is 15.9 Å². The van der Waals surface area contributed by atoms with Crippen molar-refractivity contribution in [3.8, 4) is 5.75 Å². The molecule has 0 spiro atoms. The zero-order chi connectivity index (χ0) is 12.5. The first kappa shape index (κ1) is 14.0. The molecule has 0 unspecified atom stereocenters. The molecule has 0 aliphatic heterocycles. The molecule has 0 N–H and O–H groups in total. The third-order valence-corrected chi connectivity index (χ3v) is 2.66. The Morgan fingerprint density at radius 2 is 2.00 bits per heavy atom. The van der Waals surface area contributed by atoms with Crippen LogP contribution in [0.1, 0.15) is 18.9 Å². The van der Waals surface area contributed by atoms with Crippen LogP contribution in [0.2, 0.25) is 0 Å². The summed E-state index contributed by atoms with van der Waals surface area (Å²) >= 11 is 3.30. The Labute approximate surface area is 111 Å². The summed E-state index contributed by atoms with van der Waals surface area (Å²) in [4.78, 5) is 10.9. The summed E-state index contributed by atoms with van der Waals surface area (Å²) in [5, 5.41) is 0.848. The standard InChI is InChI=1S/C14H17BrO2/c1-12(16)4-5-13-6-8-14(9-7-13)17-11-3-2-10-15/h2-3,6-9H,4-5,10-11H2,1H3. The lowest BCUT2D eigenvalue weighted by molar-refractivity contribution is -0.116. The number of alkyl halides is 1. The highest BCUT2D eigenvalue weighted by Crippen LogP contribution is 2.13. The van der Waals surface area contributed by atoms with Crippen LogP contribution in [0.5, 0.6) is 5.75 Å². The first-order valence-electron chi connectivity index (χ1n) is 5.64. The zero-order valence-corrected chi connectivity index (χ0v) is 11.6. The number of aryl methyl sites for hydroxylation is 1. The third-order valence-electron chi connectivity index (χ3n) is 2.29. The molecular weight excluding hydrogens is 280 g/mol. The number of ketones is 1. The molecule has 92 valence electrons. The minimum atomic E-state index is 0.227. The number of halogens is 1. The number of rotatable bonds is 7. The summed E-state index contributed by atoms with van der Waals surface area (Å²) in [6.07, 6.45) is 5.38. The van der Waals surface area contributed by atoms with Crippen LogP contribution < -0.4 is 4.74 Å². The molecule has 3 heteroatoms. The van der Waals surface area contributed by atoms with E-state index in [-0.39, 0.29) is 5.78 Å². The van der Waals surface area contributed by atoms with Crippen LogP contribution in [0.3, 0.4) is 0 Å². The van der Waals surface area contributed by atoms with Crippen LogP contribution in [0.15, 0.2) is 36.4 Å². The van der Waals surface area contributed by atoms with Crippen molar-refractivity contribution in [3.05, 3.63) is 42.0 Å². The first-order valence-corrected chi connectivity index (χ1v) is 6.76. The molecule has 0 fully saturated rings. The number of allylic oxidation sites excluding steroid dienone is 1. The normalized spacial score (nSPS) is 10.7. The van der Waals surface area contributed by atoms with Gasteiger partial charge in [-0.3, -0.25) is 0 Å². The summed E-state index contributed by atoms with van der Waals surface area (Å²) in [5.41, 5.74) is 1.17. The minimum Gasteiger partial charge on any atom is -0.490 e. The molecule has 0 saturated carbocycles. The Balaban J connectivity index is 2.39. The Kier molecular flexibility index (Phi) is 6.63. The van der Waals surface area contributed by atoms with E-state index in [9.17, 15) is 4.79 Å². The molecule has 0 atom stereocenters. The predicted molar refractivity (Wildman–Crippen MR) is 73.9 cm³/mol. The highest BCUT2D eigenvalue weighted by Gasteiger charge is 1.97. The largest absolute Gasteiger partial charge is 0.490 e. The molecule has 1 rings (SSSR count). The third kappa shape index (κ3) is 6.27. The van der Waals surface area contributed by atoms with Gasteiger partial charge in [-0.15, -0.1) is 0 Å². The average Bonchev–Trinajstić information content (AvgIpc) is 2.33. The van der Waals surface area contributed by atoms with Crippen molar-refractivity contribution in [3.63, 3.8) is 0 Å². The SMILES string of the molecule is CC(=O)CCc1ccc(OCC=CCBr)cc1. The van der Waals surface area contributed by atoms with Gasteiger partial charge in [-0.1, -0.05) is 40.2 Å². The molecule has 0 aromatic heterocycles. The van der Waals surface area contributed by atoms with E-state index < -0.39 is 0 Å². The fourth-order valence-corrected chi connectivity index (χ4v) is 1.61. The number of Topliss-reactive ketones (excluding diaryl/α,β-unsaturated/α-hetero) is 1. The van der Waals surface area contributed by atoms with Crippen LogP contribution in [0.25, 0.3) is 0 Å². The Bertz CT molecular complexity index is 368. The summed E-state index contributed by atoms with van der Waals surface area (Å²) < 4.78 is 5.51. The number of carbonyl (C=O) groups excluding carboxylic acids is 1. The van der Waals surface area contributed by atoms with E-state index in [2.05, 4.69) is 15.9 Å². The topological polar surface area (TPSA) is 26.3 Å². The quantitative estimate of drug-likeness (QED) is 0.568. The lowest BCUT2D eigenvalue weighted by Crippen LogP contribution is -1.95. The minimum absolute atomic E-state index is 0.227. The van der Waals surface area contributed by atoms with Crippen molar-refractivity contribution in [2.45, 2.75) is 19.8 Å². The van der Waals surface area contributed by atoms with Crippen LogP contribution in [-0.4, -0.2) is 17.7 Å². The van der Waals surface area contributed by atoms with Crippen LogP contribution in [-0.2, 0) is 11.2 Å². The molecule has 0 aliphatic carbocycles. The van der Waals surface area contributed by atoms with Gasteiger partial charge in [0.15, 0.2) is 0 Å². The molecule has 0 radical (unpaired) electrons. The van der Waals surface area contributed by atoms with Gasteiger partial charge >= 0.3 is 0 Å². The molecule has 0 aliphatic rings. The van der Waals surface area contributed by atoms with Gasteiger partial charge in [0.2, 0.25) is 0 Å². The van der Waals surface area contributed by atoms with Crippen molar-refractivity contribution < 1.29 is 9.53 Å². The second-order valence-corrected chi connectivity index (χ2v) is 4.43. The summed E-state index contributed by atoms with van der Waals surface area (Å²) in [5.74, 6) is 1.08. The number of hydrogen-bond donors (Lipinski definition) is 0. The number of carbonyl (C=O) groups is 1. The number of benzene rings is 1. The van der Waals surface area contributed by atoms with Gasteiger partial charge in [0.25, 0.3) is 0 Å². The molecule has 0 heterocycles. The summed E-state index contributed by atoms with van der Waals surface area (Å²) in [6.45, 7) is 2.20. The van der Waals surface area contributed by atoms with Gasteiger partial charge in [0.1, 0.15) is 18.1 Å². The number of hydrogen-bond acceptors (Lipinski definition) is 2. The van der Waals surface area contributed by atoms with Crippen molar-refractivity contribution in [1.29, 1.82) is 0 Å². The highest BCUT2D eigenvalue weighted by molar-refractivity contribution is 9.09. The van der Waals surface area contributed by atoms with E-state index in [1.165, 1.54) is 5.56 Å². The van der Waals surface area contributed by atoms with Crippen molar-refractivity contribution in [1.82, 2.24) is 0 Å². The van der Waals surface area contributed by atoms with Gasteiger partial charge in [-0.2, -0.15) is 0 Å². The van der Waals surface area contributed by atoms with E-state index in [0.29, 0.717) is 13.0 Å². The smallest absolute Gasteiger partial charge is 0.130 e. The molecule has 0 saturated heterocycles. The van der Waals surface area contributed by atoms with Crippen molar-refractivity contribution >= 4 is 21.7 Å². The maximum Gasteiger partial charge on any atom is 0.130 e. The zero-order valence-electron chi connectivity index (χ0n) is 9.99. The molecule has 17 heavy (non-hydrogen) atoms. The highest BCUT2D eigenvalue weighted by atomic mass is 79.9. The van der Waals surface area contributed by atoms with Gasteiger partial charge < -0.3 is 9.53 Å². The summed E-state index contributed by atoms with van der Waals surface area (Å²) in [7, 11) is 0. The maximum atomic E-state index is 10.9.